The summed E-state index contributed by atoms with van der Waals surface area (Å²) in [5.41, 5.74) is 3.06. The quantitative estimate of drug-likeness (QED) is 0.340. The first-order chi connectivity index (χ1) is 9.61. The zero-order valence-electron chi connectivity index (χ0n) is 11.1. The molecule has 2 amide bonds. The molecule has 1 rings (SSSR count). The summed E-state index contributed by atoms with van der Waals surface area (Å²) in [6, 6.07) is 6.95. The van der Waals surface area contributed by atoms with E-state index in [0.29, 0.717) is 18.2 Å². The number of methoxy groups -OCH3 is 1. The topological polar surface area (TPSA) is 79.8 Å². The van der Waals surface area contributed by atoms with Crippen LogP contribution in [0.3, 0.4) is 0 Å². The Balaban J connectivity index is 2.28. The van der Waals surface area contributed by atoms with Crippen molar-refractivity contribution in [2.24, 2.45) is 5.10 Å². The van der Waals surface area contributed by atoms with E-state index in [4.69, 9.17) is 16.3 Å². The zero-order chi connectivity index (χ0) is 14.8. The van der Waals surface area contributed by atoms with Gasteiger partial charge in [-0.05, 0) is 17.7 Å². The van der Waals surface area contributed by atoms with E-state index in [-0.39, 0.29) is 12.3 Å². The van der Waals surface area contributed by atoms with Crippen molar-refractivity contribution >= 4 is 29.6 Å². The SMILES string of the molecule is COCCNC(=O)CC(=O)N/N=C/c1ccc(Cl)cc1. The number of ether oxygens (including phenoxy) is 1. The highest BCUT2D eigenvalue weighted by Crippen LogP contribution is 2.07. The Morgan fingerprint density at radius 2 is 2.00 bits per heavy atom. The smallest absolute Gasteiger partial charge is 0.249 e. The summed E-state index contributed by atoms with van der Waals surface area (Å²) in [5.74, 6) is -0.855. The molecule has 6 nitrogen and oxygen atoms in total. The first-order valence-corrected chi connectivity index (χ1v) is 6.32. The second-order valence-corrected chi connectivity index (χ2v) is 4.30. The van der Waals surface area contributed by atoms with Crippen molar-refractivity contribution in [2.75, 3.05) is 20.3 Å². The van der Waals surface area contributed by atoms with Crippen molar-refractivity contribution in [3.8, 4) is 0 Å². The summed E-state index contributed by atoms with van der Waals surface area (Å²) in [6.07, 6.45) is 1.19. The maximum absolute atomic E-state index is 11.4. The summed E-state index contributed by atoms with van der Waals surface area (Å²) in [4.78, 5) is 22.7. The monoisotopic (exact) mass is 297 g/mol. The van der Waals surface area contributed by atoms with E-state index in [2.05, 4.69) is 15.8 Å². The first-order valence-electron chi connectivity index (χ1n) is 5.95. The molecule has 2 N–H and O–H groups in total. The number of halogens is 1. The number of hydrogen-bond acceptors (Lipinski definition) is 4. The molecule has 0 heterocycles. The highest BCUT2D eigenvalue weighted by molar-refractivity contribution is 6.30. The third-order valence-electron chi connectivity index (χ3n) is 2.22. The molecule has 0 aliphatic carbocycles. The Kier molecular flexibility index (Phi) is 7.31. The van der Waals surface area contributed by atoms with Gasteiger partial charge in [0.1, 0.15) is 6.42 Å². The van der Waals surface area contributed by atoms with E-state index >= 15 is 0 Å². The van der Waals surface area contributed by atoms with Gasteiger partial charge < -0.3 is 10.1 Å². The molecule has 1 aromatic carbocycles. The fraction of sp³-hybridized carbons (Fsp3) is 0.308. The number of amides is 2. The van der Waals surface area contributed by atoms with Gasteiger partial charge >= 0.3 is 0 Å². The predicted octanol–water partition coefficient (Wildman–Crippen LogP) is 0.943. The summed E-state index contributed by atoms with van der Waals surface area (Å²) in [5, 5.41) is 6.91. The van der Waals surface area contributed by atoms with E-state index < -0.39 is 5.91 Å². The minimum absolute atomic E-state index is 0.276. The van der Waals surface area contributed by atoms with Crippen molar-refractivity contribution in [1.29, 1.82) is 0 Å². The van der Waals surface area contributed by atoms with Gasteiger partial charge in [-0.15, -0.1) is 0 Å². The molecule has 7 heteroatoms. The Bertz CT molecular complexity index is 474. The molecule has 0 spiro atoms. The molecular formula is C13H16ClN3O3. The van der Waals surface area contributed by atoms with Crippen LogP contribution in [-0.4, -0.2) is 38.3 Å². The fourth-order valence-electron chi connectivity index (χ4n) is 1.27. The van der Waals surface area contributed by atoms with Crippen molar-refractivity contribution in [1.82, 2.24) is 10.7 Å². The summed E-state index contributed by atoms with van der Waals surface area (Å²) < 4.78 is 4.77. The third kappa shape index (κ3) is 6.86. The van der Waals surface area contributed by atoms with E-state index in [1.807, 2.05) is 0 Å². The van der Waals surface area contributed by atoms with Crippen LogP contribution in [0.25, 0.3) is 0 Å². The second-order valence-electron chi connectivity index (χ2n) is 3.86. The van der Waals surface area contributed by atoms with Crippen molar-refractivity contribution in [2.45, 2.75) is 6.42 Å². The third-order valence-corrected chi connectivity index (χ3v) is 2.47. The van der Waals surface area contributed by atoms with Crippen LogP contribution in [0.1, 0.15) is 12.0 Å². The average Bonchev–Trinajstić information content (AvgIpc) is 2.41. The lowest BCUT2D eigenvalue weighted by Crippen LogP contribution is -2.31. The van der Waals surface area contributed by atoms with Crippen LogP contribution in [0, 0.1) is 0 Å². The number of nitrogens with one attached hydrogen (secondary N) is 2. The molecule has 0 aliphatic heterocycles. The number of nitrogens with zero attached hydrogens (tertiary/aromatic N) is 1. The number of carbonyl (C=O) groups excluding carboxylic acids is 2. The van der Waals surface area contributed by atoms with Gasteiger partial charge in [0.15, 0.2) is 0 Å². The normalized spacial score (nSPS) is 10.5. The van der Waals surface area contributed by atoms with Crippen LogP contribution in [0.5, 0.6) is 0 Å². The van der Waals surface area contributed by atoms with Crippen molar-refractivity contribution in [3.63, 3.8) is 0 Å². The summed E-state index contributed by atoms with van der Waals surface area (Å²) in [7, 11) is 1.53. The first kappa shape index (κ1) is 16.1. The average molecular weight is 298 g/mol. The minimum Gasteiger partial charge on any atom is -0.383 e. The Labute approximate surface area is 122 Å². The van der Waals surface area contributed by atoms with Gasteiger partial charge in [-0.2, -0.15) is 5.10 Å². The molecule has 0 saturated heterocycles. The Morgan fingerprint density at radius 3 is 2.65 bits per heavy atom. The lowest BCUT2D eigenvalue weighted by molar-refractivity contribution is -0.129. The van der Waals surface area contributed by atoms with Gasteiger partial charge in [-0.3, -0.25) is 9.59 Å². The number of hydrogen-bond donors (Lipinski definition) is 2. The standard InChI is InChI=1S/C13H16ClN3O3/c1-20-7-6-15-12(18)8-13(19)17-16-9-10-2-4-11(14)5-3-10/h2-5,9H,6-8H2,1H3,(H,15,18)(H,17,19)/b16-9+. The maximum atomic E-state index is 11.4. The zero-order valence-corrected chi connectivity index (χ0v) is 11.8. The van der Waals surface area contributed by atoms with E-state index in [1.54, 1.807) is 24.3 Å². The van der Waals surface area contributed by atoms with Gasteiger partial charge in [0.2, 0.25) is 11.8 Å². The van der Waals surface area contributed by atoms with Crippen LogP contribution in [0.4, 0.5) is 0 Å². The molecule has 0 fully saturated rings. The van der Waals surface area contributed by atoms with Gasteiger partial charge in [0.25, 0.3) is 0 Å². The van der Waals surface area contributed by atoms with Gasteiger partial charge in [0.05, 0.1) is 12.8 Å². The molecule has 108 valence electrons. The molecule has 0 radical (unpaired) electrons. The molecule has 0 bridgehead atoms. The Morgan fingerprint density at radius 1 is 1.30 bits per heavy atom. The number of hydrazone groups is 1. The van der Waals surface area contributed by atoms with Crippen LogP contribution >= 0.6 is 11.6 Å². The van der Waals surface area contributed by atoms with E-state index in [9.17, 15) is 9.59 Å². The fourth-order valence-corrected chi connectivity index (χ4v) is 1.39. The van der Waals surface area contributed by atoms with Crippen LogP contribution in [0.15, 0.2) is 29.4 Å². The maximum Gasteiger partial charge on any atom is 0.249 e. The minimum atomic E-state index is -0.481. The number of benzene rings is 1. The predicted molar refractivity (Wildman–Crippen MR) is 76.7 cm³/mol. The van der Waals surface area contributed by atoms with Gasteiger partial charge in [-0.25, -0.2) is 5.43 Å². The summed E-state index contributed by atoms with van der Waals surface area (Å²) >= 11 is 5.74. The molecule has 0 saturated carbocycles. The van der Waals surface area contributed by atoms with Gasteiger partial charge in [-0.1, -0.05) is 23.7 Å². The lowest BCUT2D eigenvalue weighted by atomic mass is 10.2. The van der Waals surface area contributed by atoms with Crippen LogP contribution in [0.2, 0.25) is 5.02 Å². The van der Waals surface area contributed by atoms with E-state index in [0.717, 1.165) is 5.56 Å². The molecule has 0 atom stereocenters. The molecule has 0 aliphatic rings. The molecule has 0 aromatic heterocycles. The van der Waals surface area contributed by atoms with E-state index in [1.165, 1.54) is 13.3 Å². The van der Waals surface area contributed by atoms with Crippen molar-refractivity contribution in [3.05, 3.63) is 34.9 Å². The molecule has 0 unspecified atom stereocenters. The molecule has 20 heavy (non-hydrogen) atoms. The largest absolute Gasteiger partial charge is 0.383 e. The van der Waals surface area contributed by atoms with Gasteiger partial charge in [0, 0.05) is 18.7 Å². The van der Waals surface area contributed by atoms with Crippen LogP contribution in [-0.2, 0) is 14.3 Å². The number of carbonyl (C=O) groups is 2. The lowest BCUT2D eigenvalue weighted by Gasteiger charge is -2.03. The second kappa shape index (κ2) is 9.06. The highest BCUT2D eigenvalue weighted by Gasteiger charge is 2.07. The highest BCUT2D eigenvalue weighted by atomic mass is 35.5. The summed E-state index contributed by atoms with van der Waals surface area (Å²) in [6.45, 7) is 0.777. The number of rotatable bonds is 7. The molecule has 1 aromatic rings. The van der Waals surface area contributed by atoms with Crippen LogP contribution < -0.4 is 10.7 Å². The molecular weight excluding hydrogens is 282 g/mol. The van der Waals surface area contributed by atoms with Crippen molar-refractivity contribution < 1.29 is 14.3 Å². The Hall–Kier alpha value is -1.92.